The molecule has 1 rings (SSSR count). The van der Waals surface area contributed by atoms with E-state index < -0.39 is 0 Å². The standard InChI is InChI=1S/C14H31N3O/c1-14(12-15)13-17-9-7-16(8-10-17)6-4-2-3-5-11-18/h14,18H,2-13,15H2,1H3. The summed E-state index contributed by atoms with van der Waals surface area (Å²) in [6.07, 6.45) is 4.67. The predicted octanol–water partition coefficient (Wildman–Crippen LogP) is 0.752. The summed E-state index contributed by atoms with van der Waals surface area (Å²) in [5.41, 5.74) is 5.67. The number of hydrogen-bond donors (Lipinski definition) is 2. The van der Waals surface area contributed by atoms with E-state index in [9.17, 15) is 0 Å². The highest BCUT2D eigenvalue weighted by atomic mass is 16.2. The highest BCUT2D eigenvalue weighted by molar-refractivity contribution is 4.73. The van der Waals surface area contributed by atoms with Gasteiger partial charge in [0.2, 0.25) is 0 Å². The molecule has 0 bridgehead atoms. The lowest BCUT2D eigenvalue weighted by atomic mass is 10.1. The molecule has 1 aliphatic heterocycles. The number of nitrogens with two attached hydrogens (primary N) is 1. The number of aliphatic hydroxyl groups excluding tert-OH is 1. The molecule has 1 heterocycles. The van der Waals surface area contributed by atoms with Gasteiger partial charge in [0, 0.05) is 39.3 Å². The zero-order chi connectivity index (χ0) is 13.2. The minimum atomic E-state index is 0.345. The zero-order valence-electron chi connectivity index (χ0n) is 12.0. The Morgan fingerprint density at radius 2 is 1.61 bits per heavy atom. The van der Waals surface area contributed by atoms with E-state index in [0.29, 0.717) is 12.5 Å². The Bertz CT molecular complexity index is 193. The van der Waals surface area contributed by atoms with E-state index in [1.165, 1.54) is 52.0 Å². The summed E-state index contributed by atoms with van der Waals surface area (Å²) in [6.45, 7) is 10.6. The van der Waals surface area contributed by atoms with Crippen molar-refractivity contribution >= 4 is 0 Å². The molecule has 3 N–H and O–H groups in total. The fourth-order valence-electron chi connectivity index (χ4n) is 2.51. The van der Waals surface area contributed by atoms with Crippen LogP contribution < -0.4 is 5.73 Å². The van der Waals surface area contributed by atoms with Crippen LogP contribution in [0.4, 0.5) is 0 Å². The summed E-state index contributed by atoms with van der Waals surface area (Å²) in [4.78, 5) is 5.11. The van der Waals surface area contributed by atoms with Crippen LogP contribution in [-0.4, -0.2) is 67.3 Å². The molecule has 0 radical (unpaired) electrons. The molecule has 0 aromatic carbocycles. The van der Waals surface area contributed by atoms with Gasteiger partial charge in [-0.05, 0) is 31.8 Å². The van der Waals surface area contributed by atoms with Crippen LogP contribution in [0.2, 0.25) is 0 Å². The van der Waals surface area contributed by atoms with Crippen molar-refractivity contribution in [2.75, 3.05) is 52.4 Å². The molecule has 4 nitrogen and oxygen atoms in total. The Balaban J connectivity index is 2.01. The van der Waals surface area contributed by atoms with E-state index in [1.54, 1.807) is 0 Å². The lowest BCUT2D eigenvalue weighted by Gasteiger charge is -2.35. The minimum absolute atomic E-state index is 0.345. The SMILES string of the molecule is CC(CN)CN1CCN(CCCCCCO)CC1. The molecule has 0 aromatic heterocycles. The summed E-state index contributed by atoms with van der Waals surface area (Å²) in [5, 5.41) is 8.71. The molecule has 4 heteroatoms. The average Bonchev–Trinajstić information content (AvgIpc) is 2.40. The molecule has 18 heavy (non-hydrogen) atoms. The van der Waals surface area contributed by atoms with Crippen LogP contribution in [0.3, 0.4) is 0 Å². The van der Waals surface area contributed by atoms with Crippen molar-refractivity contribution in [2.45, 2.75) is 32.6 Å². The van der Waals surface area contributed by atoms with Crippen molar-refractivity contribution in [3.63, 3.8) is 0 Å². The molecular formula is C14H31N3O. The van der Waals surface area contributed by atoms with E-state index in [4.69, 9.17) is 10.8 Å². The smallest absolute Gasteiger partial charge is 0.0431 e. The average molecular weight is 257 g/mol. The maximum absolute atomic E-state index is 8.71. The Labute approximate surface area is 112 Å². The van der Waals surface area contributed by atoms with E-state index in [0.717, 1.165) is 19.5 Å². The molecule has 0 aliphatic carbocycles. The van der Waals surface area contributed by atoms with Gasteiger partial charge in [-0.3, -0.25) is 0 Å². The quantitative estimate of drug-likeness (QED) is 0.599. The van der Waals surface area contributed by atoms with Gasteiger partial charge in [-0.1, -0.05) is 19.8 Å². The van der Waals surface area contributed by atoms with Gasteiger partial charge >= 0.3 is 0 Å². The highest BCUT2D eigenvalue weighted by Gasteiger charge is 2.17. The van der Waals surface area contributed by atoms with Crippen molar-refractivity contribution < 1.29 is 5.11 Å². The first-order chi connectivity index (χ1) is 8.76. The Morgan fingerprint density at radius 1 is 1.00 bits per heavy atom. The van der Waals surface area contributed by atoms with Gasteiger partial charge in [-0.15, -0.1) is 0 Å². The lowest BCUT2D eigenvalue weighted by molar-refractivity contribution is 0.119. The topological polar surface area (TPSA) is 52.7 Å². The number of aliphatic hydroxyl groups is 1. The molecule has 108 valence electrons. The summed E-state index contributed by atoms with van der Waals surface area (Å²) in [6, 6.07) is 0. The molecule has 1 unspecified atom stereocenters. The fraction of sp³-hybridized carbons (Fsp3) is 1.00. The Kier molecular flexibility index (Phi) is 8.59. The molecule has 1 saturated heterocycles. The molecule has 1 aliphatic rings. The lowest BCUT2D eigenvalue weighted by Crippen LogP contribution is -2.48. The molecule has 0 saturated carbocycles. The van der Waals surface area contributed by atoms with Crippen LogP contribution in [0.1, 0.15) is 32.6 Å². The number of nitrogens with zero attached hydrogens (tertiary/aromatic N) is 2. The second-order valence-electron chi connectivity index (χ2n) is 5.62. The van der Waals surface area contributed by atoms with E-state index in [2.05, 4.69) is 16.7 Å². The number of unbranched alkanes of at least 4 members (excludes halogenated alkanes) is 3. The van der Waals surface area contributed by atoms with Gasteiger partial charge in [0.15, 0.2) is 0 Å². The third-order valence-corrected chi connectivity index (χ3v) is 3.82. The fourth-order valence-corrected chi connectivity index (χ4v) is 2.51. The molecule has 0 aromatic rings. The van der Waals surface area contributed by atoms with Crippen LogP contribution in [0, 0.1) is 5.92 Å². The van der Waals surface area contributed by atoms with E-state index in [-0.39, 0.29) is 0 Å². The normalized spacial score (nSPS) is 20.2. The molecule has 0 amide bonds. The van der Waals surface area contributed by atoms with Gasteiger partial charge in [0.25, 0.3) is 0 Å². The van der Waals surface area contributed by atoms with Gasteiger partial charge in [-0.2, -0.15) is 0 Å². The van der Waals surface area contributed by atoms with Crippen molar-refractivity contribution in [3.05, 3.63) is 0 Å². The highest BCUT2D eigenvalue weighted by Crippen LogP contribution is 2.07. The van der Waals surface area contributed by atoms with E-state index >= 15 is 0 Å². The Hall–Kier alpha value is -0.160. The maximum Gasteiger partial charge on any atom is 0.0431 e. The predicted molar refractivity (Wildman–Crippen MR) is 76.7 cm³/mol. The van der Waals surface area contributed by atoms with Crippen LogP contribution in [0.5, 0.6) is 0 Å². The summed E-state index contributed by atoms with van der Waals surface area (Å²) < 4.78 is 0. The third kappa shape index (κ3) is 6.69. The maximum atomic E-state index is 8.71. The first-order valence-corrected chi connectivity index (χ1v) is 7.52. The van der Waals surface area contributed by atoms with Crippen LogP contribution in [-0.2, 0) is 0 Å². The monoisotopic (exact) mass is 257 g/mol. The van der Waals surface area contributed by atoms with Gasteiger partial charge in [0.1, 0.15) is 0 Å². The van der Waals surface area contributed by atoms with Crippen LogP contribution >= 0.6 is 0 Å². The van der Waals surface area contributed by atoms with Crippen molar-refractivity contribution in [1.82, 2.24) is 9.80 Å². The van der Waals surface area contributed by atoms with Gasteiger partial charge in [0.05, 0.1) is 0 Å². The first kappa shape index (κ1) is 15.9. The van der Waals surface area contributed by atoms with Crippen molar-refractivity contribution in [3.8, 4) is 0 Å². The molecule has 0 spiro atoms. The second kappa shape index (κ2) is 9.73. The third-order valence-electron chi connectivity index (χ3n) is 3.82. The van der Waals surface area contributed by atoms with Crippen molar-refractivity contribution in [2.24, 2.45) is 11.7 Å². The summed E-state index contributed by atoms with van der Waals surface area (Å²) in [7, 11) is 0. The number of piperazine rings is 1. The second-order valence-corrected chi connectivity index (χ2v) is 5.62. The van der Waals surface area contributed by atoms with Gasteiger partial charge in [-0.25, -0.2) is 0 Å². The largest absolute Gasteiger partial charge is 0.396 e. The zero-order valence-corrected chi connectivity index (χ0v) is 12.0. The Morgan fingerprint density at radius 3 is 2.22 bits per heavy atom. The summed E-state index contributed by atoms with van der Waals surface area (Å²) >= 11 is 0. The van der Waals surface area contributed by atoms with Gasteiger partial charge < -0.3 is 20.6 Å². The molecular weight excluding hydrogens is 226 g/mol. The number of hydrogen-bond acceptors (Lipinski definition) is 4. The number of rotatable bonds is 9. The first-order valence-electron chi connectivity index (χ1n) is 7.52. The molecule has 1 fully saturated rings. The minimum Gasteiger partial charge on any atom is -0.396 e. The van der Waals surface area contributed by atoms with Crippen LogP contribution in [0.15, 0.2) is 0 Å². The van der Waals surface area contributed by atoms with E-state index in [1.807, 2.05) is 0 Å². The summed E-state index contributed by atoms with van der Waals surface area (Å²) in [5.74, 6) is 0.620. The molecule has 1 atom stereocenters. The van der Waals surface area contributed by atoms with Crippen molar-refractivity contribution in [1.29, 1.82) is 0 Å². The van der Waals surface area contributed by atoms with Crippen LogP contribution in [0.25, 0.3) is 0 Å².